The van der Waals surface area contributed by atoms with E-state index in [0.717, 1.165) is 12.0 Å². The Bertz CT molecular complexity index is 411. The Morgan fingerprint density at radius 3 is 3.06 bits per heavy atom. The van der Waals surface area contributed by atoms with Crippen LogP contribution in [-0.2, 0) is 11.3 Å². The molecule has 2 rings (SSSR count). The summed E-state index contributed by atoms with van der Waals surface area (Å²) in [6, 6.07) is 5.76. The summed E-state index contributed by atoms with van der Waals surface area (Å²) in [6.07, 6.45) is 7.08. The van der Waals surface area contributed by atoms with E-state index in [-0.39, 0.29) is 0 Å². The molecular weight excluding hydrogens is 212 g/mol. The number of nitrogens with zero attached hydrogens (tertiary/aromatic N) is 2. The average Bonchev–Trinajstić information content (AvgIpc) is 2.38. The van der Waals surface area contributed by atoms with Crippen LogP contribution in [0.25, 0.3) is 0 Å². The minimum atomic E-state index is 0.377. The van der Waals surface area contributed by atoms with E-state index in [1.165, 1.54) is 19.3 Å². The van der Waals surface area contributed by atoms with Gasteiger partial charge in [0.25, 0.3) is 0 Å². The number of rotatable bonds is 3. The second kappa shape index (κ2) is 5.79. The van der Waals surface area contributed by atoms with Crippen LogP contribution in [-0.4, -0.2) is 11.1 Å². The SMILES string of the molecule is CC1CCCCC1OCc1ccnc(C#N)c1. The van der Waals surface area contributed by atoms with Gasteiger partial charge in [-0.15, -0.1) is 0 Å². The van der Waals surface area contributed by atoms with Crippen LogP contribution in [0.3, 0.4) is 0 Å². The zero-order valence-corrected chi connectivity index (χ0v) is 10.2. The molecule has 1 aliphatic carbocycles. The van der Waals surface area contributed by atoms with Crippen LogP contribution in [0.5, 0.6) is 0 Å². The zero-order valence-electron chi connectivity index (χ0n) is 10.2. The van der Waals surface area contributed by atoms with E-state index in [2.05, 4.69) is 11.9 Å². The van der Waals surface area contributed by atoms with Gasteiger partial charge in [-0.25, -0.2) is 4.98 Å². The molecule has 0 saturated heterocycles. The highest BCUT2D eigenvalue weighted by atomic mass is 16.5. The minimum Gasteiger partial charge on any atom is -0.373 e. The van der Waals surface area contributed by atoms with Crippen molar-refractivity contribution in [3.63, 3.8) is 0 Å². The van der Waals surface area contributed by atoms with E-state index < -0.39 is 0 Å². The van der Waals surface area contributed by atoms with Crippen molar-refractivity contribution in [3.8, 4) is 6.07 Å². The predicted octanol–water partition coefficient (Wildman–Crippen LogP) is 3.05. The van der Waals surface area contributed by atoms with Crippen molar-refractivity contribution >= 4 is 0 Å². The van der Waals surface area contributed by atoms with Crippen molar-refractivity contribution in [3.05, 3.63) is 29.6 Å². The third-order valence-electron chi connectivity index (χ3n) is 3.44. The van der Waals surface area contributed by atoms with Crippen molar-refractivity contribution in [1.29, 1.82) is 5.26 Å². The van der Waals surface area contributed by atoms with Gasteiger partial charge in [-0.05, 0) is 36.5 Å². The highest BCUT2D eigenvalue weighted by molar-refractivity contribution is 5.24. The largest absolute Gasteiger partial charge is 0.373 e. The van der Waals surface area contributed by atoms with Gasteiger partial charge in [0.2, 0.25) is 0 Å². The molecule has 1 saturated carbocycles. The first-order valence-electron chi connectivity index (χ1n) is 6.26. The number of hydrogen-bond donors (Lipinski definition) is 0. The van der Waals surface area contributed by atoms with Crippen LogP contribution < -0.4 is 0 Å². The first-order chi connectivity index (χ1) is 8.29. The first-order valence-corrected chi connectivity index (χ1v) is 6.26. The lowest BCUT2D eigenvalue weighted by molar-refractivity contribution is -0.0154. The second-order valence-electron chi connectivity index (χ2n) is 4.77. The Morgan fingerprint density at radius 1 is 1.47 bits per heavy atom. The Balaban J connectivity index is 1.90. The lowest BCUT2D eigenvalue weighted by Crippen LogP contribution is -2.25. The normalized spacial score (nSPS) is 24.2. The van der Waals surface area contributed by atoms with Gasteiger partial charge in [0.15, 0.2) is 0 Å². The van der Waals surface area contributed by atoms with Crippen LogP contribution in [0.15, 0.2) is 18.3 Å². The zero-order chi connectivity index (χ0) is 12.1. The Morgan fingerprint density at radius 2 is 2.29 bits per heavy atom. The smallest absolute Gasteiger partial charge is 0.140 e. The van der Waals surface area contributed by atoms with E-state index in [9.17, 15) is 0 Å². The highest BCUT2D eigenvalue weighted by Gasteiger charge is 2.21. The van der Waals surface area contributed by atoms with Gasteiger partial charge >= 0.3 is 0 Å². The highest BCUT2D eigenvalue weighted by Crippen LogP contribution is 2.26. The molecule has 1 heterocycles. The molecule has 0 amide bonds. The molecule has 0 aromatic carbocycles. The van der Waals surface area contributed by atoms with Gasteiger partial charge in [0, 0.05) is 6.20 Å². The third-order valence-corrected chi connectivity index (χ3v) is 3.44. The van der Waals surface area contributed by atoms with Crippen LogP contribution in [0.1, 0.15) is 43.9 Å². The van der Waals surface area contributed by atoms with Gasteiger partial charge in [0.1, 0.15) is 11.8 Å². The van der Waals surface area contributed by atoms with E-state index in [0.29, 0.717) is 24.3 Å². The maximum absolute atomic E-state index is 8.77. The topological polar surface area (TPSA) is 45.9 Å². The summed E-state index contributed by atoms with van der Waals surface area (Å²) in [5, 5.41) is 8.77. The molecule has 0 bridgehead atoms. The Kier molecular flexibility index (Phi) is 4.11. The molecular formula is C14H18N2O. The lowest BCUT2D eigenvalue weighted by atomic mass is 9.88. The average molecular weight is 230 g/mol. The van der Waals surface area contributed by atoms with Gasteiger partial charge in [-0.3, -0.25) is 0 Å². The van der Waals surface area contributed by atoms with E-state index in [1.807, 2.05) is 12.1 Å². The maximum atomic E-state index is 8.77. The predicted molar refractivity (Wildman–Crippen MR) is 65.2 cm³/mol. The van der Waals surface area contributed by atoms with E-state index >= 15 is 0 Å². The fraction of sp³-hybridized carbons (Fsp3) is 0.571. The Labute approximate surface area is 102 Å². The Hall–Kier alpha value is -1.40. The van der Waals surface area contributed by atoms with Crippen molar-refractivity contribution in [2.45, 2.75) is 45.3 Å². The summed E-state index contributed by atoms with van der Waals surface area (Å²) >= 11 is 0. The third kappa shape index (κ3) is 3.28. The summed E-state index contributed by atoms with van der Waals surface area (Å²) in [5.41, 5.74) is 1.50. The lowest BCUT2D eigenvalue weighted by Gasteiger charge is -2.28. The molecule has 3 heteroatoms. The molecule has 2 atom stereocenters. The number of hydrogen-bond acceptors (Lipinski definition) is 3. The molecule has 1 aromatic heterocycles. The molecule has 0 N–H and O–H groups in total. The molecule has 1 aromatic rings. The van der Waals surface area contributed by atoms with Crippen molar-refractivity contribution < 1.29 is 4.74 Å². The molecule has 17 heavy (non-hydrogen) atoms. The molecule has 1 aliphatic rings. The second-order valence-corrected chi connectivity index (χ2v) is 4.77. The van der Waals surface area contributed by atoms with Gasteiger partial charge in [0.05, 0.1) is 12.7 Å². The molecule has 90 valence electrons. The fourth-order valence-corrected chi connectivity index (χ4v) is 2.36. The van der Waals surface area contributed by atoms with E-state index in [4.69, 9.17) is 10.00 Å². The molecule has 2 unspecified atom stereocenters. The molecule has 0 radical (unpaired) electrons. The molecule has 1 fully saturated rings. The monoisotopic (exact) mass is 230 g/mol. The van der Waals surface area contributed by atoms with Crippen LogP contribution in [0.4, 0.5) is 0 Å². The van der Waals surface area contributed by atoms with Crippen molar-refractivity contribution in [2.24, 2.45) is 5.92 Å². The summed E-state index contributed by atoms with van der Waals surface area (Å²) in [7, 11) is 0. The maximum Gasteiger partial charge on any atom is 0.140 e. The fourth-order valence-electron chi connectivity index (χ4n) is 2.36. The summed E-state index contributed by atoms with van der Waals surface area (Å²) < 4.78 is 5.94. The molecule has 0 spiro atoms. The number of aromatic nitrogens is 1. The van der Waals surface area contributed by atoms with Gasteiger partial charge < -0.3 is 4.74 Å². The van der Waals surface area contributed by atoms with Gasteiger partial charge in [-0.2, -0.15) is 5.26 Å². The van der Waals surface area contributed by atoms with Gasteiger partial charge in [-0.1, -0.05) is 19.8 Å². The van der Waals surface area contributed by atoms with Crippen molar-refractivity contribution in [1.82, 2.24) is 4.98 Å². The van der Waals surface area contributed by atoms with E-state index in [1.54, 1.807) is 12.3 Å². The standard InChI is InChI=1S/C14H18N2O/c1-11-4-2-3-5-14(11)17-10-12-6-7-16-13(8-12)9-15/h6-8,11,14H,2-5,10H2,1H3. The molecule has 3 nitrogen and oxygen atoms in total. The van der Waals surface area contributed by atoms with Crippen LogP contribution >= 0.6 is 0 Å². The summed E-state index contributed by atoms with van der Waals surface area (Å²) in [4.78, 5) is 3.95. The summed E-state index contributed by atoms with van der Waals surface area (Å²) in [6.45, 7) is 2.85. The van der Waals surface area contributed by atoms with Crippen molar-refractivity contribution in [2.75, 3.05) is 0 Å². The van der Waals surface area contributed by atoms with Crippen LogP contribution in [0.2, 0.25) is 0 Å². The van der Waals surface area contributed by atoms with Crippen LogP contribution in [0, 0.1) is 17.2 Å². The quantitative estimate of drug-likeness (QED) is 0.801. The number of nitriles is 1. The summed E-state index contributed by atoms with van der Waals surface area (Å²) in [5.74, 6) is 0.654. The molecule has 0 aliphatic heterocycles. The number of ether oxygens (including phenoxy) is 1. The number of pyridine rings is 1. The first kappa shape index (κ1) is 12.1. The minimum absolute atomic E-state index is 0.377.